The fourth-order valence-corrected chi connectivity index (χ4v) is 2.03. The van der Waals surface area contributed by atoms with Crippen molar-refractivity contribution in [1.82, 2.24) is 5.32 Å². The number of phenols is 2. The number of hydrogen-bond acceptors (Lipinski definition) is 4. The van der Waals surface area contributed by atoms with Crippen LogP contribution in [0, 0.1) is 5.92 Å². The van der Waals surface area contributed by atoms with E-state index in [0.717, 1.165) is 25.9 Å². The molecule has 0 spiro atoms. The Labute approximate surface area is 106 Å². The summed E-state index contributed by atoms with van der Waals surface area (Å²) in [6.45, 7) is 1.69. The first-order chi connectivity index (χ1) is 7.68. The highest BCUT2D eigenvalue weighted by Gasteiger charge is 2.24. The maximum absolute atomic E-state index is 12.1. The van der Waals surface area contributed by atoms with Crippen LogP contribution >= 0.6 is 12.4 Å². The summed E-state index contributed by atoms with van der Waals surface area (Å²) in [5.41, 5.74) is 0.310. The van der Waals surface area contributed by atoms with Crippen LogP contribution in [-0.4, -0.2) is 29.1 Å². The summed E-state index contributed by atoms with van der Waals surface area (Å²) in [4.78, 5) is 12.1. The van der Waals surface area contributed by atoms with Gasteiger partial charge in [0.2, 0.25) is 0 Å². The minimum Gasteiger partial charge on any atom is -0.508 e. The average molecular weight is 258 g/mol. The van der Waals surface area contributed by atoms with Crippen LogP contribution in [-0.2, 0) is 0 Å². The first kappa shape index (κ1) is 13.8. The van der Waals surface area contributed by atoms with Crippen LogP contribution in [0.15, 0.2) is 18.2 Å². The van der Waals surface area contributed by atoms with Crippen LogP contribution in [0.1, 0.15) is 23.2 Å². The molecule has 1 heterocycles. The lowest BCUT2D eigenvalue weighted by atomic mass is 9.89. The summed E-state index contributed by atoms with van der Waals surface area (Å²) in [6, 6.07) is 4.11. The van der Waals surface area contributed by atoms with Crippen LogP contribution in [0.25, 0.3) is 0 Å². The van der Waals surface area contributed by atoms with Crippen molar-refractivity contribution in [3.05, 3.63) is 23.8 Å². The Hall–Kier alpha value is -1.26. The molecule has 0 atom stereocenters. The fraction of sp³-hybridized carbons (Fsp3) is 0.417. The van der Waals surface area contributed by atoms with Crippen LogP contribution in [0.4, 0.5) is 0 Å². The fourth-order valence-electron chi connectivity index (χ4n) is 2.03. The molecule has 5 heteroatoms. The van der Waals surface area contributed by atoms with Gasteiger partial charge in [0.1, 0.15) is 11.5 Å². The van der Waals surface area contributed by atoms with Gasteiger partial charge in [0.25, 0.3) is 0 Å². The molecule has 17 heavy (non-hydrogen) atoms. The van der Waals surface area contributed by atoms with Crippen LogP contribution in [0.3, 0.4) is 0 Å². The second-order valence-corrected chi connectivity index (χ2v) is 4.09. The van der Waals surface area contributed by atoms with Gasteiger partial charge >= 0.3 is 0 Å². The molecule has 1 aromatic rings. The quantitative estimate of drug-likeness (QED) is 0.706. The molecule has 1 fully saturated rings. The Balaban J connectivity index is 0.00000144. The van der Waals surface area contributed by atoms with Crippen molar-refractivity contribution in [2.45, 2.75) is 12.8 Å². The van der Waals surface area contributed by atoms with E-state index in [-0.39, 0.29) is 35.6 Å². The van der Waals surface area contributed by atoms with Gasteiger partial charge in [-0.3, -0.25) is 4.79 Å². The highest BCUT2D eigenvalue weighted by Crippen LogP contribution is 2.27. The molecule has 0 bridgehead atoms. The van der Waals surface area contributed by atoms with Crippen molar-refractivity contribution in [3.63, 3.8) is 0 Å². The summed E-state index contributed by atoms with van der Waals surface area (Å²) < 4.78 is 0. The molecule has 1 aromatic carbocycles. The number of benzene rings is 1. The predicted octanol–water partition coefficient (Wildman–Crippen LogP) is 1.70. The van der Waals surface area contributed by atoms with Crippen molar-refractivity contribution in [3.8, 4) is 11.5 Å². The molecule has 2 rings (SSSR count). The number of carbonyl (C=O) groups is 1. The number of ketones is 1. The van der Waals surface area contributed by atoms with E-state index >= 15 is 0 Å². The lowest BCUT2D eigenvalue weighted by Gasteiger charge is -2.21. The maximum atomic E-state index is 12.1. The second kappa shape index (κ2) is 5.89. The van der Waals surface area contributed by atoms with E-state index in [1.165, 1.54) is 18.2 Å². The van der Waals surface area contributed by atoms with Gasteiger partial charge in [-0.15, -0.1) is 12.4 Å². The lowest BCUT2D eigenvalue weighted by Crippen LogP contribution is -2.31. The van der Waals surface area contributed by atoms with E-state index < -0.39 is 0 Å². The summed E-state index contributed by atoms with van der Waals surface area (Å²) in [6.07, 6.45) is 1.61. The van der Waals surface area contributed by atoms with E-state index in [1.807, 2.05) is 0 Å². The Kier molecular flexibility index (Phi) is 4.78. The van der Waals surface area contributed by atoms with Gasteiger partial charge in [0, 0.05) is 12.0 Å². The molecular weight excluding hydrogens is 242 g/mol. The van der Waals surface area contributed by atoms with E-state index in [1.54, 1.807) is 0 Å². The number of Topliss-reactive ketones (excluding diaryl/α,β-unsaturated/α-hetero) is 1. The number of piperidine rings is 1. The number of carbonyl (C=O) groups excluding carboxylic acids is 1. The molecule has 0 radical (unpaired) electrons. The zero-order valence-electron chi connectivity index (χ0n) is 9.35. The van der Waals surface area contributed by atoms with Gasteiger partial charge in [-0.2, -0.15) is 0 Å². The molecule has 0 aromatic heterocycles. The van der Waals surface area contributed by atoms with Gasteiger partial charge in [-0.25, -0.2) is 0 Å². The molecule has 4 nitrogen and oxygen atoms in total. The van der Waals surface area contributed by atoms with E-state index in [2.05, 4.69) is 5.32 Å². The molecule has 0 unspecified atom stereocenters. The van der Waals surface area contributed by atoms with E-state index in [0.29, 0.717) is 5.56 Å². The van der Waals surface area contributed by atoms with Crippen molar-refractivity contribution < 1.29 is 15.0 Å². The van der Waals surface area contributed by atoms with E-state index in [9.17, 15) is 9.90 Å². The highest BCUT2D eigenvalue weighted by atomic mass is 35.5. The van der Waals surface area contributed by atoms with Crippen LogP contribution in [0.2, 0.25) is 0 Å². The van der Waals surface area contributed by atoms with Gasteiger partial charge < -0.3 is 15.5 Å². The molecule has 0 saturated carbocycles. The molecule has 0 aliphatic carbocycles. The molecule has 3 N–H and O–H groups in total. The number of hydrogen-bond donors (Lipinski definition) is 3. The molecule has 0 amide bonds. The Morgan fingerprint density at radius 1 is 1.24 bits per heavy atom. The van der Waals surface area contributed by atoms with Gasteiger partial charge in [-0.1, -0.05) is 0 Å². The second-order valence-electron chi connectivity index (χ2n) is 4.09. The molecular formula is C12H16ClNO3. The van der Waals surface area contributed by atoms with Crippen molar-refractivity contribution in [2.75, 3.05) is 13.1 Å². The predicted molar refractivity (Wildman–Crippen MR) is 66.9 cm³/mol. The molecule has 1 aliphatic rings. The first-order valence-corrected chi connectivity index (χ1v) is 5.45. The first-order valence-electron chi connectivity index (χ1n) is 5.45. The zero-order chi connectivity index (χ0) is 11.5. The van der Waals surface area contributed by atoms with Crippen LogP contribution < -0.4 is 5.32 Å². The number of rotatable bonds is 2. The largest absolute Gasteiger partial charge is 0.508 e. The lowest BCUT2D eigenvalue weighted by molar-refractivity contribution is 0.0892. The summed E-state index contributed by atoms with van der Waals surface area (Å²) in [5.74, 6) is -0.210. The molecule has 1 saturated heterocycles. The van der Waals surface area contributed by atoms with Crippen molar-refractivity contribution in [1.29, 1.82) is 0 Å². The topological polar surface area (TPSA) is 69.6 Å². The van der Waals surface area contributed by atoms with Crippen LogP contribution in [0.5, 0.6) is 11.5 Å². The third-order valence-electron chi connectivity index (χ3n) is 2.96. The summed E-state index contributed by atoms with van der Waals surface area (Å²) in [5, 5.41) is 21.9. The maximum Gasteiger partial charge on any atom is 0.169 e. The van der Waals surface area contributed by atoms with Crippen molar-refractivity contribution >= 4 is 18.2 Å². The third kappa shape index (κ3) is 3.11. The summed E-state index contributed by atoms with van der Waals surface area (Å²) in [7, 11) is 0. The molecule has 1 aliphatic heterocycles. The smallest absolute Gasteiger partial charge is 0.169 e. The minimum absolute atomic E-state index is 0. The van der Waals surface area contributed by atoms with Gasteiger partial charge in [-0.05, 0) is 38.1 Å². The van der Waals surface area contributed by atoms with Gasteiger partial charge in [0.05, 0.1) is 5.56 Å². The van der Waals surface area contributed by atoms with Gasteiger partial charge in [0.15, 0.2) is 5.78 Å². The zero-order valence-corrected chi connectivity index (χ0v) is 10.2. The van der Waals surface area contributed by atoms with Crippen molar-refractivity contribution in [2.24, 2.45) is 5.92 Å². The van der Waals surface area contributed by atoms with E-state index in [4.69, 9.17) is 5.11 Å². The number of nitrogens with one attached hydrogen (secondary N) is 1. The minimum atomic E-state index is -0.136. The SMILES string of the molecule is Cl.O=C(c1ccc(O)cc1O)C1CCNCC1. The highest BCUT2D eigenvalue weighted by molar-refractivity contribution is 6.00. The Morgan fingerprint density at radius 2 is 1.88 bits per heavy atom. The normalized spacial score (nSPS) is 16.2. The average Bonchev–Trinajstić information content (AvgIpc) is 2.29. The third-order valence-corrected chi connectivity index (χ3v) is 2.96. The molecule has 94 valence electrons. The summed E-state index contributed by atoms with van der Waals surface area (Å²) >= 11 is 0. The Morgan fingerprint density at radius 3 is 2.47 bits per heavy atom. The standard InChI is InChI=1S/C12H15NO3.ClH/c14-9-1-2-10(11(15)7-9)12(16)8-3-5-13-6-4-8;/h1-2,7-8,13-15H,3-6H2;1H. The Bertz CT molecular complexity index is 403. The number of phenolic OH excluding ortho intramolecular Hbond substituents is 2. The number of aromatic hydroxyl groups is 2. The monoisotopic (exact) mass is 257 g/mol. The number of halogens is 1.